The van der Waals surface area contributed by atoms with Crippen molar-refractivity contribution in [3.8, 4) is 5.75 Å². The van der Waals surface area contributed by atoms with Crippen molar-refractivity contribution in [1.29, 1.82) is 0 Å². The Labute approximate surface area is 131 Å². The van der Waals surface area contributed by atoms with Gasteiger partial charge in [0.2, 0.25) is 5.91 Å². The molecule has 2 N–H and O–H groups in total. The topological polar surface area (TPSA) is 59.6 Å². The van der Waals surface area contributed by atoms with Gasteiger partial charge in [-0.2, -0.15) is 0 Å². The summed E-state index contributed by atoms with van der Waals surface area (Å²) in [5.41, 5.74) is 2.17. The third-order valence-electron chi connectivity index (χ3n) is 4.23. The SMILES string of the molecule is Cc1ccc(CNC(=O)C2CCCN2)c(OC2CCOC2)c1. The predicted molar refractivity (Wildman–Crippen MR) is 83.9 cm³/mol. The van der Waals surface area contributed by atoms with Crippen molar-refractivity contribution in [2.75, 3.05) is 19.8 Å². The number of carbonyl (C=O) groups excluding carboxylic acids is 1. The lowest BCUT2D eigenvalue weighted by atomic mass is 10.1. The number of amides is 1. The summed E-state index contributed by atoms with van der Waals surface area (Å²) in [5, 5.41) is 6.23. The highest BCUT2D eigenvalue weighted by Gasteiger charge is 2.22. The van der Waals surface area contributed by atoms with Crippen LogP contribution in [-0.2, 0) is 16.1 Å². The second-order valence-electron chi connectivity index (χ2n) is 6.08. The maximum atomic E-state index is 12.1. The molecule has 3 rings (SSSR count). The van der Waals surface area contributed by atoms with Gasteiger partial charge in [0.05, 0.1) is 19.3 Å². The molecule has 2 heterocycles. The number of ether oxygens (including phenoxy) is 2. The highest BCUT2D eigenvalue weighted by Crippen LogP contribution is 2.24. The Balaban J connectivity index is 1.62. The van der Waals surface area contributed by atoms with Crippen molar-refractivity contribution < 1.29 is 14.3 Å². The minimum atomic E-state index is -0.0435. The summed E-state index contributed by atoms with van der Waals surface area (Å²) in [4.78, 5) is 12.1. The fourth-order valence-corrected chi connectivity index (χ4v) is 2.92. The Morgan fingerprint density at radius 1 is 1.45 bits per heavy atom. The average Bonchev–Trinajstić information content (AvgIpc) is 3.19. The van der Waals surface area contributed by atoms with Gasteiger partial charge in [-0.1, -0.05) is 12.1 Å². The number of hydrogen-bond donors (Lipinski definition) is 2. The zero-order chi connectivity index (χ0) is 15.4. The molecule has 22 heavy (non-hydrogen) atoms. The molecule has 2 atom stereocenters. The number of carbonyl (C=O) groups is 1. The van der Waals surface area contributed by atoms with E-state index in [1.807, 2.05) is 25.1 Å². The molecule has 2 aliphatic heterocycles. The minimum absolute atomic E-state index is 0.0435. The molecule has 0 aromatic heterocycles. The Morgan fingerprint density at radius 3 is 3.09 bits per heavy atom. The van der Waals surface area contributed by atoms with Crippen molar-refractivity contribution in [3.05, 3.63) is 29.3 Å². The molecule has 0 radical (unpaired) electrons. The third-order valence-corrected chi connectivity index (χ3v) is 4.23. The van der Waals surface area contributed by atoms with Crippen LogP contribution in [0.5, 0.6) is 5.75 Å². The van der Waals surface area contributed by atoms with Crippen LogP contribution < -0.4 is 15.4 Å². The molecule has 2 fully saturated rings. The van der Waals surface area contributed by atoms with Gasteiger partial charge in [-0.3, -0.25) is 4.79 Å². The summed E-state index contributed by atoms with van der Waals surface area (Å²) >= 11 is 0. The van der Waals surface area contributed by atoms with Gasteiger partial charge in [0.15, 0.2) is 0 Å². The second-order valence-corrected chi connectivity index (χ2v) is 6.08. The Kier molecular flexibility index (Phi) is 4.95. The van der Waals surface area contributed by atoms with E-state index in [1.54, 1.807) is 0 Å². The van der Waals surface area contributed by atoms with E-state index in [4.69, 9.17) is 9.47 Å². The van der Waals surface area contributed by atoms with Crippen LogP contribution in [0.2, 0.25) is 0 Å². The first-order valence-corrected chi connectivity index (χ1v) is 8.07. The summed E-state index contributed by atoms with van der Waals surface area (Å²) < 4.78 is 11.4. The molecule has 1 aromatic carbocycles. The fraction of sp³-hybridized carbons (Fsp3) is 0.588. The molecule has 2 saturated heterocycles. The lowest BCUT2D eigenvalue weighted by molar-refractivity contribution is -0.122. The van der Waals surface area contributed by atoms with E-state index in [0.29, 0.717) is 13.2 Å². The van der Waals surface area contributed by atoms with Crippen LogP contribution in [0.1, 0.15) is 30.4 Å². The number of hydrogen-bond acceptors (Lipinski definition) is 4. The molecule has 0 aliphatic carbocycles. The quantitative estimate of drug-likeness (QED) is 0.866. The smallest absolute Gasteiger partial charge is 0.237 e. The van der Waals surface area contributed by atoms with Gasteiger partial charge in [0.1, 0.15) is 11.9 Å². The predicted octanol–water partition coefficient (Wildman–Crippen LogP) is 1.53. The van der Waals surface area contributed by atoms with Crippen molar-refractivity contribution in [2.24, 2.45) is 0 Å². The summed E-state index contributed by atoms with van der Waals surface area (Å²) in [6.07, 6.45) is 3.03. The molecule has 2 unspecified atom stereocenters. The summed E-state index contributed by atoms with van der Waals surface area (Å²) in [6, 6.07) is 6.07. The van der Waals surface area contributed by atoms with Gasteiger partial charge in [0, 0.05) is 18.5 Å². The number of rotatable bonds is 5. The Morgan fingerprint density at radius 2 is 2.36 bits per heavy atom. The third kappa shape index (κ3) is 3.78. The first kappa shape index (κ1) is 15.3. The average molecular weight is 304 g/mol. The Bertz CT molecular complexity index is 521. The van der Waals surface area contributed by atoms with Crippen LogP contribution in [0.3, 0.4) is 0 Å². The molecule has 0 bridgehead atoms. The van der Waals surface area contributed by atoms with E-state index in [9.17, 15) is 4.79 Å². The molecule has 0 saturated carbocycles. The summed E-state index contributed by atoms with van der Waals surface area (Å²) in [7, 11) is 0. The summed E-state index contributed by atoms with van der Waals surface area (Å²) in [5.74, 6) is 0.934. The maximum Gasteiger partial charge on any atom is 0.237 e. The van der Waals surface area contributed by atoms with Gasteiger partial charge >= 0.3 is 0 Å². The van der Waals surface area contributed by atoms with Gasteiger partial charge in [-0.15, -0.1) is 0 Å². The van der Waals surface area contributed by atoms with E-state index in [-0.39, 0.29) is 18.1 Å². The number of nitrogens with one attached hydrogen (secondary N) is 2. The largest absolute Gasteiger partial charge is 0.488 e. The summed E-state index contributed by atoms with van der Waals surface area (Å²) in [6.45, 7) is 4.88. The first-order chi connectivity index (χ1) is 10.7. The van der Waals surface area contributed by atoms with Crippen molar-refractivity contribution in [1.82, 2.24) is 10.6 Å². The number of aryl methyl sites for hydroxylation is 1. The van der Waals surface area contributed by atoms with Gasteiger partial charge in [0.25, 0.3) is 0 Å². The monoisotopic (exact) mass is 304 g/mol. The van der Waals surface area contributed by atoms with Gasteiger partial charge in [-0.25, -0.2) is 0 Å². The van der Waals surface area contributed by atoms with Crippen LogP contribution in [0.25, 0.3) is 0 Å². The standard InChI is InChI=1S/C17H24N2O3/c1-12-4-5-13(10-19-17(20)15-3-2-7-18-15)16(9-12)22-14-6-8-21-11-14/h4-5,9,14-15,18H,2-3,6-8,10-11H2,1H3,(H,19,20). The fourth-order valence-electron chi connectivity index (χ4n) is 2.92. The molecule has 120 valence electrons. The molecule has 1 amide bonds. The Hall–Kier alpha value is -1.59. The normalized spacial score (nSPS) is 24.4. The van der Waals surface area contributed by atoms with E-state index in [1.165, 1.54) is 0 Å². The van der Waals surface area contributed by atoms with E-state index in [2.05, 4.69) is 10.6 Å². The van der Waals surface area contributed by atoms with Crippen molar-refractivity contribution >= 4 is 5.91 Å². The molecule has 1 aromatic rings. The lowest BCUT2D eigenvalue weighted by Gasteiger charge is -2.17. The van der Waals surface area contributed by atoms with Crippen LogP contribution in [-0.4, -0.2) is 37.8 Å². The van der Waals surface area contributed by atoms with Crippen LogP contribution in [0.4, 0.5) is 0 Å². The van der Waals surface area contributed by atoms with Crippen molar-refractivity contribution in [3.63, 3.8) is 0 Å². The molecular formula is C17H24N2O3. The zero-order valence-corrected chi connectivity index (χ0v) is 13.1. The zero-order valence-electron chi connectivity index (χ0n) is 13.1. The van der Waals surface area contributed by atoms with Crippen LogP contribution in [0, 0.1) is 6.92 Å². The molecule has 2 aliphatic rings. The maximum absolute atomic E-state index is 12.1. The van der Waals surface area contributed by atoms with E-state index < -0.39 is 0 Å². The lowest BCUT2D eigenvalue weighted by Crippen LogP contribution is -2.40. The highest BCUT2D eigenvalue weighted by molar-refractivity contribution is 5.82. The van der Waals surface area contributed by atoms with Crippen molar-refractivity contribution in [2.45, 2.75) is 44.9 Å². The van der Waals surface area contributed by atoms with Gasteiger partial charge in [-0.05, 0) is 37.9 Å². The van der Waals surface area contributed by atoms with Crippen LogP contribution in [0.15, 0.2) is 18.2 Å². The van der Waals surface area contributed by atoms with E-state index >= 15 is 0 Å². The van der Waals surface area contributed by atoms with Gasteiger partial charge < -0.3 is 20.1 Å². The first-order valence-electron chi connectivity index (χ1n) is 8.07. The van der Waals surface area contributed by atoms with Crippen LogP contribution >= 0.6 is 0 Å². The second kappa shape index (κ2) is 7.11. The minimum Gasteiger partial charge on any atom is -0.488 e. The molecular weight excluding hydrogens is 280 g/mol. The molecule has 0 spiro atoms. The highest BCUT2D eigenvalue weighted by atomic mass is 16.5. The molecule has 5 heteroatoms. The number of benzene rings is 1. The van der Waals surface area contributed by atoms with E-state index in [0.717, 1.165) is 49.3 Å². The molecule has 5 nitrogen and oxygen atoms in total.